The molecule has 1 aliphatic heterocycles. The molecule has 4 rings (SSSR count). The predicted octanol–water partition coefficient (Wildman–Crippen LogP) is 2.47. The SMILES string of the molecule is Cc1cc([C@H]2CCCN2C(=O)NCc2nc(-c3cccnc3)no2)on1. The summed E-state index contributed by atoms with van der Waals surface area (Å²) in [4.78, 5) is 22.6. The molecule has 2 amide bonds. The molecule has 0 saturated carbocycles. The normalized spacial score (nSPS) is 16.8. The molecule has 1 fully saturated rings. The van der Waals surface area contributed by atoms with E-state index < -0.39 is 0 Å². The van der Waals surface area contributed by atoms with Crippen molar-refractivity contribution >= 4 is 6.03 Å². The van der Waals surface area contributed by atoms with Crippen molar-refractivity contribution in [2.45, 2.75) is 32.4 Å². The molecule has 3 aromatic rings. The van der Waals surface area contributed by atoms with Crippen LogP contribution < -0.4 is 5.32 Å². The fourth-order valence-electron chi connectivity index (χ4n) is 3.04. The Morgan fingerprint density at radius 1 is 1.38 bits per heavy atom. The van der Waals surface area contributed by atoms with E-state index in [4.69, 9.17) is 9.05 Å². The molecule has 9 heteroatoms. The number of hydrogen-bond acceptors (Lipinski definition) is 7. The molecule has 1 saturated heterocycles. The number of amides is 2. The Hall–Kier alpha value is -3.23. The maximum Gasteiger partial charge on any atom is 0.318 e. The minimum Gasteiger partial charge on any atom is -0.359 e. The van der Waals surface area contributed by atoms with Crippen LogP contribution >= 0.6 is 0 Å². The van der Waals surface area contributed by atoms with Gasteiger partial charge in [-0.15, -0.1) is 0 Å². The minimum atomic E-state index is -0.192. The highest BCUT2D eigenvalue weighted by Crippen LogP contribution is 2.32. The van der Waals surface area contributed by atoms with Crippen LogP contribution in [0, 0.1) is 6.92 Å². The molecule has 9 nitrogen and oxygen atoms in total. The van der Waals surface area contributed by atoms with E-state index >= 15 is 0 Å². The zero-order valence-electron chi connectivity index (χ0n) is 14.3. The quantitative estimate of drug-likeness (QED) is 0.766. The van der Waals surface area contributed by atoms with E-state index in [9.17, 15) is 4.79 Å². The van der Waals surface area contributed by atoms with Crippen molar-refractivity contribution in [3.63, 3.8) is 0 Å². The number of pyridine rings is 1. The summed E-state index contributed by atoms with van der Waals surface area (Å²) >= 11 is 0. The van der Waals surface area contributed by atoms with Crippen LogP contribution in [0.5, 0.6) is 0 Å². The van der Waals surface area contributed by atoms with E-state index in [2.05, 4.69) is 25.6 Å². The van der Waals surface area contributed by atoms with E-state index in [1.165, 1.54) is 0 Å². The van der Waals surface area contributed by atoms with Crippen LogP contribution in [0.25, 0.3) is 11.4 Å². The van der Waals surface area contributed by atoms with Gasteiger partial charge in [-0.05, 0) is 31.9 Å². The van der Waals surface area contributed by atoms with Gasteiger partial charge in [-0.3, -0.25) is 4.98 Å². The van der Waals surface area contributed by atoms with Crippen molar-refractivity contribution in [3.05, 3.63) is 47.9 Å². The molecule has 0 aromatic carbocycles. The Labute approximate surface area is 149 Å². The highest BCUT2D eigenvalue weighted by molar-refractivity contribution is 5.74. The number of nitrogens with zero attached hydrogens (tertiary/aromatic N) is 5. The summed E-state index contributed by atoms with van der Waals surface area (Å²) in [5, 5.41) is 10.6. The lowest BCUT2D eigenvalue weighted by molar-refractivity contribution is 0.180. The number of aryl methyl sites for hydroxylation is 1. The van der Waals surface area contributed by atoms with Gasteiger partial charge in [0.05, 0.1) is 18.3 Å². The Bertz CT molecular complexity index is 891. The third-order valence-corrected chi connectivity index (χ3v) is 4.27. The molecule has 1 aliphatic rings. The molecule has 0 unspecified atom stereocenters. The second-order valence-corrected chi connectivity index (χ2v) is 6.13. The average Bonchev–Trinajstić information content (AvgIpc) is 3.40. The third-order valence-electron chi connectivity index (χ3n) is 4.27. The minimum absolute atomic E-state index is 0.0927. The van der Waals surface area contributed by atoms with Crippen molar-refractivity contribution in [2.24, 2.45) is 0 Å². The van der Waals surface area contributed by atoms with Crippen LogP contribution in [0.15, 0.2) is 39.6 Å². The Morgan fingerprint density at radius 2 is 2.31 bits per heavy atom. The lowest BCUT2D eigenvalue weighted by atomic mass is 10.1. The monoisotopic (exact) mass is 354 g/mol. The first-order valence-electron chi connectivity index (χ1n) is 8.41. The first kappa shape index (κ1) is 16.2. The number of nitrogens with one attached hydrogen (secondary N) is 1. The first-order chi connectivity index (χ1) is 12.7. The number of hydrogen-bond donors (Lipinski definition) is 1. The van der Waals surface area contributed by atoms with Crippen molar-refractivity contribution < 1.29 is 13.8 Å². The standard InChI is InChI=1S/C17H18N6O3/c1-11-8-14(25-21-11)13-5-3-7-23(13)17(24)19-10-15-20-16(22-26-15)12-4-2-6-18-9-12/h2,4,6,8-9,13H,3,5,7,10H2,1H3,(H,19,24)/t13-/m1/s1. The summed E-state index contributed by atoms with van der Waals surface area (Å²) in [7, 11) is 0. The fraction of sp³-hybridized carbons (Fsp3) is 0.353. The number of urea groups is 1. The number of aromatic nitrogens is 4. The summed E-state index contributed by atoms with van der Waals surface area (Å²) in [5.41, 5.74) is 1.56. The average molecular weight is 354 g/mol. The van der Waals surface area contributed by atoms with Gasteiger partial charge in [-0.2, -0.15) is 4.98 Å². The van der Waals surface area contributed by atoms with E-state index in [0.29, 0.717) is 24.0 Å². The lowest BCUT2D eigenvalue weighted by Gasteiger charge is -2.22. The highest BCUT2D eigenvalue weighted by Gasteiger charge is 2.32. The Kier molecular flexibility index (Phi) is 4.34. The van der Waals surface area contributed by atoms with E-state index in [1.807, 2.05) is 19.1 Å². The van der Waals surface area contributed by atoms with Gasteiger partial charge >= 0.3 is 6.03 Å². The molecule has 0 bridgehead atoms. The van der Waals surface area contributed by atoms with Gasteiger partial charge in [0.1, 0.15) is 0 Å². The highest BCUT2D eigenvalue weighted by atomic mass is 16.5. The molecule has 0 aliphatic carbocycles. The van der Waals surface area contributed by atoms with E-state index in [0.717, 1.165) is 24.1 Å². The van der Waals surface area contributed by atoms with Crippen molar-refractivity contribution in [1.82, 2.24) is 30.5 Å². The van der Waals surface area contributed by atoms with Gasteiger partial charge in [0.15, 0.2) is 5.76 Å². The second-order valence-electron chi connectivity index (χ2n) is 6.13. The molecular formula is C17H18N6O3. The molecule has 4 heterocycles. The number of carbonyl (C=O) groups excluding carboxylic acids is 1. The predicted molar refractivity (Wildman–Crippen MR) is 89.7 cm³/mol. The number of carbonyl (C=O) groups is 1. The summed E-state index contributed by atoms with van der Waals surface area (Å²) < 4.78 is 10.5. The molecule has 0 spiro atoms. The van der Waals surface area contributed by atoms with Crippen LogP contribution in [-0.2, 0) is 6.54 Å². The first-order valence-corrected chi connectivity index (χ1v) is 8.41. The topological polar surface area (TPSA) is 110 Å². The fourth-order valence-corrected chi connectivity index (χ4v) is 3.04. The van der Waals surface area contributed by atoms with Crippen molar-refractivity contribution in [1.29, 1.82) is 0 Å². The van der Waals surface area contributed by atoms with Gasteiger partial charge in [-0.1, -0.05) is 10.3 Å². The van der Waals surface area contributed by atoms with Gasteiger partial charge < -0.3 is 19.3 Å². The lowest BCUT2D eigenvalue weighted by Crippen LogP contribution is -2.39. The number of likely N-dealkylation sites (tertiary alicyclic amines) is 1. The van der Waals surface area contributed by atoms with Gasteiger partial charge in [0.2, 0.25) is 11.7 Å². The van der Waals surface area contributed by atoms with Crippen molar-refractivity contribution in [2.75, 3.05) is 6.54 Å². The Morgan fingerprint density at radius 3 is 3.08 bits per heavy atom. The van der Waals surface area contributed by atoms with Gasteiger partial charge in [-0.25, -0.2) is 4.79 Å². The summed E-state index contributed by atoms with van der Waals surface area (Å²) in [5.74, 6) is 1.49. The zero-order chi connectivity index (χ0) is 17.9. The number of rotatable bonds is 4. The second kappa shape index (κ2) is 6.95. The van der Waals surface area contributed by atoms with E-state index in [-0.39, 0.29) is 18.6 Å². The summed E-state index contributed by atoms with van der Waals surface area (Å²) in [6.45, 7) is 2.69. The maximum atomic E-state index is 12.5. The molecular weight excluding hydrogens is 336 g/mol. The smallest absolute Gasteiger partial charge is 0.318 e. The molecule has 1 N–H and O–H groups in total. The molecule has 134 valence electrons. The summed E-state index contributed by atoms with van der Waals surface area (Å²) in [6, 6.07) is 5.22. The zero-order valence-corrected chi connectivity index (χ0v) is 14.3. The van der Waals surface area contributed by atoms with Crippen molar-refractivity contribution in [3.8, 4) is 11.4 Å². The van der Waals surface area contributed by atoms with Crippen LogP contribution in [0.4, 0.5) is 4.79 Å². The molecule has 0 radical (unpaired) electrons. The van der Waals surface area contributed by atoms with Crippen LogP contribution in [0.2, 0.25) is 0 Å². The Balaban J connectivity index is 1.39. The van der Waals surface area contributed by atoms with Crippen LogP contribution in [0.1, 0.15) is 36.2 Å². The van der Waals surface area contributed by atoms with Crippen LogP contribution in [0.3, 0.4) is 0 Å². The summed E-state index contributed by atoms with van der Waals surface area (Å²) in [6.07, 6.45) is 5.10. The third kappa shape index (κ3) is 3.28. The molecule has 1 atom stereocenters. The van der Waals surface area contributed by atoms with Gasteiger partial charge in [0.25, 0.3) is 0 Å². The maximum absolute atomic E-state index is 12.5. The molecule has 26 heavy (non-hydrogen) atoms. The molecule has 3 aromatic heterocycles. The van der Waals surface area contributed by atoms with Crippen LogP contribution in [-0.4, -0.2) is 37.8 Å². The largest absolute Gasteiger partial charge is 0.359 e. The van der Waals surface area contributed by atoms with Gasteiger partial charge in [0, 0.05) is 30.6 Å². The van der Waals surface area contributed by atoms with E-state index in [1.54, 1.807) is 23.4 Å².